The Morgan fingerprint density at radius 1 is 1.39 bits per heavy atom. The number of hydrogen-bond acceptors (Lipinski definition) is 4. The van der Waals surface area contributed by atoms with Crippen LogP contribution in [0.25, 0.3) is 0 Å². The molecule has 0 radical (unpaired) electrons. The Bertz CT molecular complexity index is 324. The average molecular weight is 254 g/mol. The third-order valence-corrected chi connectivity index (χ3v) is 4.19. The molecule has 0 aromatic rings. The fourth-order valence-electron chi connectivity index (χ4n) is 2.87. The Kier molecular flexibility index (Phi) is 4.22. The van der Waals surface area contributed by atoms with Crippen LogP contribution >= 0.6 is 0 Å². The van der Waals surface area contributed by atoms with E-state index in [1.807, 2.05) is 0 Å². The van der Waals surface area contributed by atoms with E-state index in [0.717, 1.165) is 32.4 Å². The molecule has 0 aromatic carbocycles. The molecule has 1 atom stereocenters. The maximum Gasteiger partial charge on any atom is 0.305 e. The molecule has 1 saturated heterocycles. The summed E-state index contributed by atoms with van der Waals surface area (Å²) in [5.74, 6) is 0.157. The van der Waals surface area contributed by atoms with Crippen LogP contribution in [0.5, 0.6) is 0 Å². The molecule has 18 heavy (non-hydrogen) atoms. The third kappa shape index (κ3) is 3.02. The van der Waals surface area contributed by atoms with Crippen LogP contribution in [-0.2, 0) is 14.3 Å². The molecular formula is C13H22N2O3. The molecule has 1 spiro atoms. The first kappa shape index (κ1) is 13.3. The van der Waals surface area contributed by atoms with Gasteiger partial charge >= 0.3 is 5.97 Å². The number of nitrogens with one attached hydrogen (secondary N) is 2. The monoisotopic (exact) mass is 254 g/mol. The van der Waals surface area contributed by atoms with E-state index in [2.05, 4.69) is 15.4 Å². The summed E-state index contributed by atoms with van der Waals surface area (Å²) in [4.78, 5) is 22.8. The van der Waals surface area contributed by atoms with Crippen LogP contribution < -0.4 is 10.6 Å². The Morgan fingerprint density at radius 2 is 2.11 bits per heavy atom. The number of rotatable bonds is 5. The standard InChI is InChI=1S/C13H22N2O3/c1-18-11(16)3-2-6-15-12(17)10-9-13(10)4-7-14-8-5-13/h10,14H,2-9H2,1H3,(H,15,17). The molecule has 1 heterocycles. The molecule has 5 nitrogen and oxygen atoms in total. The molecular weight excluding hydrogens is 232 g/mol. The van der Waals surface area contributed by atoms with Gasteiger partial charge in [-0.1, -0.05) is 0 Å². The van der Waals surface area contributed by atoms with Gasteiger partial charge in [-0.25, -0.2) is 0 Å². The van der Waals surface area contributed by atoms with E-state index in [-0.39, 0.29) is 23.2 Å². The molecule has 1 aliphatic carbocycles. The molecule has 1 amide bonds. The molecule has 102 valence electrons. The van der Waals surface area contributed by atoms with Crippen molar-refractivity contribution < 1.29 is 14.3 Å². The number of esters is 1. The van der Waals surface area contributed by atoms with Crippen molar-refractivity contribution in [1.82, 2.24) is 10.6 Å². The van der Waals surface area contributed by atoms with Gasteiger partial charge in [-0.15, -0.1) is 0 Å². The summed E-state index contributed by atoms with van der Waals surface area (Å²) < 4.78 is 4.55. The highest BCUT2D eigenvalue weighted by molar-refractivity contribution is 5.82. The summed E-state index contributed by atoms with van der Waals surface area (Å²) in [6.45, 7) is 2.64. The minimum absolute atomic E-state index is 0.168. The van der Waals surface area contributed by atoms with E-state index >= 15 is 0 Å². The largest absolute Gasteiger partial charge is 0.469 e. The van der Waals surface area contributed by atoms with E-state index in [1.54, 1.807) is 0 Å². The highest BCUT2D eigenvalue weighted by Crippen LogP contribution is 2.58. The van der Waals surface area contributed by atoms with Crippen LogP contribution in [0.4, 0.5) is 0 Å². The van der Waals surface area contributed by atoms with Crippen LogP contribution in [0.15, 0.2) is 0 Å². The van der Waals surface area contributed by atoms with Crippen molar-refractivity contribution in [1.29, 1.82) is 0 Å². The van der Waals surface area contributed by atoms with E-state index in [9.17, 15) is 9.59 Å². The molecule has 5 heteroatoms. The van der Waals surface area contributed by atoms with E-state index in [1.165, 1.54) is 7.11 Å². The van der Waals surface area contributed by atoms with Crippen molar-refractivity contribution in [3.05, 3.63) is 0 Å². The lowest BCUT2D eigenvalue weighted by molar-refractivity contribution is -0.140. The zero-order valence-electron chi connectivity index (χ0n) is 11.0. The number of piperidine rings is 1. The van der Waals surface area contributed by atoms with Crippen molar-refractivity contribution in [3.8, 4) is 0 Å². The Labute approximate surface area is 108 Å². The van der Waals surface area contributed by atoms with Crippen molar-refractivity contribution in [2.45, 2.75) is 32.1 Å². The molecule has 0 bridgehead atoms. The molecule has 2 aliphatic rings. The summed E-state index contributed by atoms with van der Waals surface area (Å²) in [7, 11) is 1.38. The van der Waals surface area contributed by atoms with Crippen LogP contribution in [0, 0.1) is 11.3 Å². The SMILES string of the molecule is COC(=O)CCCNC(=O)C1CC12CCNCC2. The molecule has 1 unspecified atom stereocenters. The van der Waals surface area contributed by atoms with Crippen molar-refractivity contribution >= 4 is 11.9 Å². The first-order valence-electron chi connectivity index (χ1n) is 6.73. The fraction of sp³-hybridized carbons (Fsp3) is 0.846. The number of carbonyl (C=O) groups is 2. The quantitative estimate of drug-likeness (QED) is 0.552. The predicted molar refractivity (Wildman–Crippen MR) is 66.9 cm³/mol. The van der Waals surface area contributed by atoms with Gasteiger partial charge in [-0.3, -0.25) is 9.59 Å². The molecule has 2 fully saturated rings. The summed E-state index contributed by atoms with van der Waals surface area (Å²) in [5, 5.41) is 6.26. The highest BCUT2D eigenvalue weighted by Gasteiger charge is 2.57. The van der Waals surface area contributed by atoms with Gasteiger partial charge in [-0.05, 0) is 44.2 Å². The number of carbonyl (C=O) groups excluding carboxylic acids is 2. The second-order valence-electron chi connectivity index (χ2n) is 5.34. The maximum atomic E-state index is 11.9. The first-order valence-corrected chi connectivity index (χ1v) is 6.73. The second kappa shape index (κ2) is 5.69. The van der Waals surface area contributed by atoms with E-state index in [0.29, 0.717) is 19.4 Å². The number of hydrogen-bond donors (Lipinski definition) is 2. The second-order valence-corrected chi connectivity index (χ2v) is 5.34. The molecule has 2 N–H and O–H groups in total. The molecule has 2 rings (SSSR count). The zero-order chi connectivity index (χ0) is 13.0. The van der Waals surface area contributed by atoms with Gasteiger partial charge < -0.3 is 15.4 Å². The zero-order valence-corrected chi connectivity index (χ0v) is 11.0. The lowest BCUT2D eigenvalue weighted by Crippen LogP contribution is -2.34. The van der Waals surface area contributed by atoms with Crippen molar-refractivity contribution in [2.75, 3.05) is 26.7 Å². The fourth-order valence-corrected chi connectivity index (χ4v) is 2.87. The van der Waals surface area contributed by atoms with Gasteiger partial charge in [0.2, 0.25) is 5.91 Å². The van der Waals surface area contributed by atoms with Gasteiger partial charge in [0, 0.05) is 18.9 Å². The lowest BCUT2D eigenvalue weighted by Gasteiger charge is -2.23. The van der Waals surface area contributed by atoms with Gasteiger partial charge in [-0.2, -0.15) is 0 Å². The van der Waals surface area contributed by atoms with Gasteiger partial charge in [0.1, 0.15) is 0 Å². The van der Waals surface area contributed by atoms with Gasteiger partial charge in [0.25, 0.3) is 0 Å². The Hall–Kier alpha value is -1.10. The summed E-state index contributed by atoms with van der Waals surface area (Å²) in [6, 6.07) is 0. The van der Waals surface area contributed by atoms with Gasteiger partial charge in [0.15, 0.2) is 0 Å². The van der Waals surface area contributed by atoms with E-state index in [4.69, 9.17) is 0 Å². The number of methoxy groups -OCH3 is 1. The maximum absolute atomic E-state index is 11.9. The Balaban J connectivity index is 1.63. The normalized spacial score (nSPS) is 24.6. The highest BCUT2D eigenvalue weighted by atomic mass is 16.5. The van der Waals surface area contributed by atoms with Crippen LogP contribution in [-0.4, -0.2) is 38.6 Å². The predicted octanol–water partition coefficient (Wildman–Crippen LogP) is 0.445. The van der Waals surface area contributed by atoms with Crippen LogP contribution in [0.2, 0.25) is 0 Å². The number of ether oxygens (including phenoxy) is 1. The molecule has 1 saturated carbocycles. The smallest absolute Gasteiger partial charge is 0.305 e. The first-order chi connectivity index (χ1) is 8.68. The van der Waals surface area contributed by atoms with E-state index < -0.39 is 0 Å². The van der Waals surface area contributed by atoms with Crippen molar-refractivity contribution in [2.24, 2.45) is 11.3 Å². The minimum atomic E-state index is -0.217. The van der Waals surface area contributed by atoms with Crippen LogP contribution in [0.3, 0.4) is 0 Å². The lowest BCUT2D eigenvalue weighted by atomic mass is 9.92. The minimum Gasteiger partial charge on any atom is -0.469 e. The number of amides is 1. The Morgan fingerprint density at radius 3 is 2.78 bits per heavy atom. The van der Waals surface area contributed by atoms with Gasteiger partial charge in [0.05, 0.1) is 7.11 Å². The topological polar surface area (TPSA) is 67.4 Å². The average Bonchev–Trinajstić information content (AvgIpc) is 3.08. The molecule has 1 aliphatic heterocycles. The summed E-state index contributed by atoms with van der Waals surface area (Å²) in [6.07, 6.45) is 4.30. The third-order valence-electron chi connectivity index (χ3n) is 4.19. The summed E-state index contributed by atoms with van der Waals surface area (Å²) >= 11 is 0. The summed E-state index contributed by atoms with van der Waals surface area (Å²) in [5.41, 5.74) is 0.289. The van der Waals surface area contributed by atoms with Crippen molar-refractivity contribution in [3.63, 3.8) is 0 Å². The molecule has 0 aromatic heterocycles. The van der Waals surface area contributed by atoms with Crippen LogP contribution in [0.1, 0.15) is 32.1 Å².